The number of carboxylic acid groups (broad SMARTS) is 1. The smallest absolute Gasteiger partial charge is 0.330 e. The van der Waals surface area contributed by atoms with Crippen molar-refractivity contribution in [1.82, 2.24) is 4.72 Å². The lowest BCUT2D eigenvalue weighted by atomic mass is 10.2. The molecular formula is C12H15NO4S. The van der Waals surface area contributed by atoms with Crippen LogP contribution in [0, 0.1) is 0 Å². The average molecular weight is 269 g/mol. The average Bonchev–Trinajstić information content (AvgIpc) is 2.35. The van der Waals surface area contributed by atoms with Crippen LogP contribution in [-0.2, 0) is 14.8 Å². The van der Waals surface area contributed by atoms with E-state index in [-0.39, 0.29) is 23.4 Å². The van der Waals surface area contributed by atoms with Gasteiger partial charge in [-0.15, -0.1) is 0 Å². The van der Waals surface area contributed by atoms with Gasteiger partial charge in [0.05, 0.1) is 4.90 Å². The largest absolute Gasteiger partial charge is 0.478 e. The van der Waals surface area contributed by atoms with Gasteiger partial charge in [-0.1, -0.05) is 24.8 Å². The number of sulfonamides is 1. The maximum Gasteiger partial charge on any atom is 0.330 e. The van der Waals surface area contributed by atoms with Gasteiger partial charge in [-0.2, -0.15) is 0 Å². The molecule has 0 bridgehead atoms. The first-order valence-electron chi connectivity index (χ1n) is 5.39. The Morgan fingerprint density at radius 3 is 2.44 bits per heavy atom. The molecule has 0 radical (unpaired) electrons. The first kappa shape index (κ1) is 14.4. The van der Waals surface area contributed by atoms with Gasteiger partial charge in [-0.25, -0.2) is 17.9 Å². The molecule has 98 valence electrons. The number of rotatable bonds is 7. The van der Waals surface area contributed by atoms with Crippen molar-refractivity contribution in [1.29, 1.82) is 0 Å². The molecule has 0 saturated heterocycles. The fourth-order valence-electron chi connectivity index (χ4n) is 1.30. The van der Waals surface area contributed by atoms with E-state index in [1.807, 2.05) is 0 Å². The first-order valence-corrected chi connectivity index (χ1v) is 6.87. The maximum absolute atomic E-state index is 11.8. The molecule has 5 nitrogen and oxygen atoms in total. The number of carboxylic acids is 1. The molecule has 1 aromatic rings. The summed E-state index contributed by atoms with van der Waals surface area (Å²) in [7, 11) is -3.51. The predicted molar refractivity (Wildman–Crippen MR) is 67.6 cm³/mol. The Kier molecular flexibility index (Phi) is 5.06. The molecule has 1 rings (SSSR count). The summed E-state index contributed by atoms with van der Waals surface area (Å²) in [5.41, 5.74) is 0.0777. The van der Waals surface area contributed by atoms with Crippen molar-refractivity contribution >= 4 is 16.0 Å². The van der Waals surface area contributed by atoms with Crippen LogP contribution in [0.2, 0.25) is 0 Å². The molecule has 0 amide bonds. The van der Waals surface area contributed by atoms with Gasteiger partial charge in [0, 0.05) is 12.1 Å². The monoisotopic (exact) mass is 269 g/mol. The Morgan fingerprint density at radius 1 is 1.28 bits per heavy atom. The summed E-state index contributed by atoms with van der Waals surface area (Å²) < 4.78 is 25.9. The molecule has 0 fully saturated rings. The number of benzene rings is 1. The van der Waals surface area contributed by atoms with Crippen LogP contribution in [0.5, 0.6) is 0 Å². The summed E-state index contributed by atoms with van der Waals surface area (Å²) >= 11 is 0. The zero-order valence-corrected chi connectivity index (χ0v) is 10.6. The van der Waals surface area contributed by atoms with Crippen LogP contribution in [0.1, 0.15) is 12.8 Å². The van der Waals surface area contributed by atoms with E-state index in [1.165, 1.54) is 12.1 Å². The summed E-state index contributed by atoms with van der Waals surface area (Å²) in [5, 5.41) is 8.58. The molecule has 0 heterocycles. The lowest BCUT2D eigenvalue weighted by Gasteiger charge is -2.06. The van der Waals surface area contributed by atoms with Crippen molar-refractivity contribution in [3.63, 3.8) is 0 Å². The number of hydrogen-bond donors (Lipinski definition) is 2. The van der Waals surface area contributed by atoms with Gasteiger partial charge in [-0.05, 0) is 25.0 Å². The molecule has 0 atom stereocenters. The van der Waals surface area contributed by atoms with Crippen LogP contribution in [0.15, 0.2) is 47.4 Å². The highest BCUT2D eigenvalue weighted by molar-refractivity contribution is 7.89. The number of hydrogen-bond acceptors (Lipinski definition) is 3. The van der Waals surface area contributed by atoms with Crippen LogP contribution >= 0.6 is 0 Å². The van der Waals surface area contributed by atoms with Crippen LogP contribution < -0.4 is 4.72 Å². The van der Waals surface area contributed by atoms with E-state index in [9.17, 15) is 13.2 Å². The lowest BCUT2D eigenvalue weighted by molar-refractivity contribution is -0.132. The zero-order valence-electron chi connectivity index (χ0n) is 9.80. The van der Waals surface area contributed by atoms with Gasteiger partial charge < -0.3 is 5.11 Å². The Hall–Kier alpha value is -1.66. The Bertz CT molecular complexity index is 522. The highest BCUT2D eigenvalue weighted by Gasteiger charge is 2.12. The van der Waals surface area contributed by atoms with Crippen molar-refractivity contribution < 1.29 is 18.3 Å². The first-order chi connectivity index (χ1) is 8.43. The highest BCUT2D eigenvalue weighted by Crippen LogP contribution is 2.07. The van der Waals surface area contributed by atoms with Gasteiger partial charge in [-0.3, -0.25) is 0 Å². The van der Waals surface area contributed by atoms with E-state index in [4.69, 9.17) is 5.11 Å². The lowest BCUT2D eigenvalue weighted by Crippen LogP contribution is -2.24. The molecule has 0 aliphatic heterocycles. The summed E-state index contributed by atoms with van der Waals surface area (Å²) in [5.74, 6) is -1.05. The van der Waals surface area contributed by atoms with E-state index in [2.05, 4.69) is 11.3 Å². The van der Waals surface area contributed by atoms with Crippen molar-refractivity contribution in [2.75, 3.05) is 6.54 Å². The Morgan fingerprint density at radius 2 is 1.89 bits per heavy atom. The third-order valence-corrected chi connectivity index (χ3v) is 3.78. The van der Waals surface area contributed by atoms with Gasteiger partial charge >= 0.3 is 5.97 Å². The minimum Gasteiger partial charge on any atom is -0.478 e. The molecule has 0 unspecified atom stereocenters. The summed E-state index contributed by atoms with van der Waals surface area (Å²) in [6.45, 7) is 3.55. The van der Waals surface area contributed by atoms with Crippen LogP contribution in [-0.4, -0.2) is 26.0 Å². The molecule has 0 aliphatic rings. The SMILES string of the molecule is C=C(CCCNS(=O)(=O)c1ccccc1)C(=O)O. The summed E-state index contributed by atoms with van der Waals surface area (Å²) in [6, 6.07) is 8.01. The second-order valence-electron chi connectivity index (χ2n) is 3.72. The molecule has 18 heavy (non-hydrogen) atoms. The molecule has 1 aromatic carbocycles. The van der Waals surface area contributed by atoms with Gasteiger partial charge in [0.15, 0.2) is 0 Å². The van der Waals surface area contributed by atoms with Gasteiger partial charge in [0.1, 0.15) is 0 Å². The van der Waals surface area contributed by atoms with Crippen molar-refractivity contribution in [3.05, 3.63) is 42.5 Å². The quantitative estimate of drug-likeness (QED) is 0.578. The zero-order chi connectivity index (χ0) is 13.6. The van der Waals surface area contributed by atoms with E-state index in [0.717, 1.165) is 0 Å². The predicted octanol–water partition coefficient (Wildman–Crippen LogP) is 1.39. The third kappa shape index (κ3) is 4.31. The summed E-state index contributed by atoms with van der Waals surface area (Å²) in [6.07, 6.45) is 0.657. The second-order valence-corrected chi connectivity index (χ2v) is 5.49. The van der Waals surface area contributed by atoms with E-state index in [1.54, 1.807) is 18.2 Å². The standard InChI is InChI=1S/C12H15NO4S/c1-10(12(14)15)6-5-9-13-18(16,17)11-7-3-2-4-8-11/h2-4,7-8,13H,1,5-6,9H2,(H,14,15). The minimum absolute atomic E-state index is 0.0777. The van der Waals surface area contributed by atoms with Crippen molar-refractivity contribution in [2.24, 2.45) is 0 Å². The molecular weight excluding hydrogens is 254 g/mol. The molecule has 2 N–H and O–H groups in total. The Balaban J connectivity index is 2.45. The van der Waals surface area contributed by atoms with Gasteiger partial charge in [0.25, 0.3) is 0 Å². The van der Waals surface area contributed by atoms with Gasteiger partial charge in [0.2, 0.25) is 10.0 Å². The second kappa shape index (κ2) is 6.32. The normalized spacial score (nSPS) is 11.1. The Labute approximate surface area is 106 Å². The third-order valence-electron chi connectivity index (χ3n) is 2.30. The van der Waals surface area contributed by atoms with Crippen molar-refractivity contribution in [2.45, 2.75) is 17.7 Å². The van der Waals surface area contributed by atoms with E-state index >= 15 is 0 Å². The summed E-state index contributed by atoms with van der Waals surface area (Å²) in [4.78, 5) is 10.7. The topological polar surface area (TPSA) is 83.5 Å². The van der Waals surface area contributed by atoms with Crippen LogP contribution in [0.3, 0.4) is 0 Å². The number of nitrogens with one attached hydrogen (secondary N) is 1. The number of carbonyl (C=O) groups is 1. The van der Waals surface area contributed by atoms with Crippen LogP contribution in [0.25, 0.3) is 0 Å². The highest BCUT2D eigenvalue weighted by atomic mass is 32.2. The molecule has 0 aromatic heterocycles. The van der Waals surface area contributed by atoms with Crippen LogP contribution in [0.4, 0.5) is 0 Å². The molecule has 0 spiro atoms. The minimum atomic E-state index is -3.51. The fourth-order valence-corrected chi connectivity index (χ4v) is 2.39. The van der Waals surface area contributed by atoms with Crippen molar-refractivity contribution in [3.8, 4) is 0 Å². The maximum atomic E-state index is 11.8. The molecule has 6 heteroatoms. The fraction of sp³-hybridized carbons (Fsp3) is 0.250. The molecule has 0 aliphatic carbocycles. The van der Waals surface area contributed by atoms with E-state index < -0.39 is 16.0 Å². The number of aliphatic carboxylic acids is 1. The molecule has 0 saturated carbocycles. The van der Waals surface area contributed by atoms with E-state index in [0.29, 0.717) is 6.42 Å².